The molecule has 0 unspecified atom stereocenters. The lowest BCUT2D eigenvalue weighted by atomic mass is 10.1. The van der Waals surface area contributed by atoms with Gasteiger partial charge in [0.05, 0.1) is 11.8 Å². The summed E-state index contributed by atoms with van der Waals surface area (Å²) in [7, 11) is 0. The molecule has 0 aliphatic heterocycles. The van der Waals surface area contributed by atoms with Crippen molar-refractivity contribution in [2.24, 2.45) is 0 Å². The fourth-order valence-corrected chi connectivity index (χ4v) is 1.95. The van der Waals surface area contributed by atoms with Crippen molar-refractivity contribution < 1.29 is 4.79 Å². The number of benzene rings is 1. The molecule has 7 heteroatoms. The minimum Gasteiger partial charge on any atom is -0.267 e. The summed E-state index contributed by atoms with van der Waals surface area (Å²) in [6.07, 6.45) is 0. The first kappa shape index (κ1) is 13.8. The molecule has 0 atom stereocenters. The van der Waals surface area contributed by atoms with E-state index in [4.69, 9.17) is 23.2 Å². The smallest absolute Gasteiger partial charge is 0.267 e. The van der Waals surface area contributed by atoms with Gasteiger partial charge in [0, 0.05) is 5.56 Å². The number of carbonyl (C=O) groups is 1. The van der Waals surface area contributed by atoms with E-state index in [0.717, 1.165) is 5.56 Å². The van der Waals surface area contributed by atoms with Crippen LogP contribution in [0, 0.1) is 6.92 Å². The van der Waals surface area contributed by atoms with Crippen molar-refractivity contribution in [2.75, 3.05) is 5.43 Å². The molecule has 0 fully saturated rings. The second-order valence-corrected chi connectivity index (χ2v) is 4.48. The molecule has 1 aromatic carbocycles. The van der Waals surface area contributed by atoms with Gasteiger partial charge < -0.3 is 0 Å². The maximum absolute atomic E-state index is 12.1. The third-order valence-corrected chi connectivity index (χ3v) is 3.01. The zero-order valence-corrected chi connectivity index (χ0v) is 11.7. The van der Waals surface area contributed by atoms with Gasteiger partial charge in [-0.25, -0.2) is 4.68 Å². The molecule has 100 valence electrons. The van der Waals surface area contributed by atoms with Crippen LogP contribution in [0.3, 0.4) is 0 Å². The number of hydrogen-bond donors (Lipinski definition) is 1. The molecule has 1 N–H and O–H groups in total. The van der Waals surface area contributed by atoms with Crippen LogP contribution in [-0.4, -0.2) is 20.8 Å². The van der Waals surface area contributed by atoms with Crippen molar-refractivity contribution >= 4 is 29.1 Å². The highest BCUT2D eigenvalue weighted by Gasteiger charge is 2.14. The summed E-state index contributed by atoms with van der Waals surface area (Å²) < 4.78 is 1.42. The number of nitrogens with zero attached hydrogens (tertiary/aromatic N) is 3. The van der Waals surface area contributed by atoms with Crippen molar-refractivity contribution in [1.29, 1.82) is 0 Å². The maximum Gasteiger partial charge on any atom is 0.270 e. The molecule has 0 aliphatic rings. The largest absolute Gasteiger partial charge is 0.270 e. The Morgan fingerprint density at radius 3 is 2.42 bits per heavy atom. The molecule has 2 aromatic rings. The van der Waals surface area contributed by atoms with Gasteiger partial charge in [0.15, 0.2) is 11.6 Å². The number of aryl methyl sites for hydroxylation is 1. The van der Waals surface area contributed by atoms with Crippen LogP contribution in [0.4, 0.5) is 0 Å². The highest BCUT2D eigenvalue weighted by molar-refractivity contribution is 6.17. The van der Waals surface area contributed by atoms with Crippen molar-refractivity contribution in [3.05, 3.63) is 47.0 Å². The Kier molecular flexibility index (Phi) is 4.39. The van der Waals surface area contributed by atoms with Crippen LogP contribution < -0.4 is 5.43 Å². The van der Waals surface area contributed by atoms with Crippen LogP contribution >= 0.6 is 23.2 Å². The van der Waals surface area contributed by atoms with Gasteiger partial charge in [0.2, 0.25) is 0 Å². The summed E-state index contributed by atoms with van der Waals surface area (Å²) >= 11 is 11.5. The Labute approximate surface area is 120 Å². The van der Waals surface area contributed by atoms with Gasteiger partial charge in [0.1, 0.15) is 0 Å². The van der Waals surface area contributed by atoms with Crippen molar-refractivity contribution in [3.63, 3.8) is 0 Å². The first-order valence-corrected chi connectivity index (χ1v) is 6.65. The molecule has 2 rings (SSSR count). The Balaban J connectivity index is 2.26. The Morgan fingerprint density at radius 1 is 1.26 bits per heavy atom. The minimum absolute atomic E-state index is 0.137. The first-order valence-electron chi connectivity index (χ1n) is 5.59. The highest BCUT2D eigenvalue weighted by atomic mass is 35.5. The second-order valence-electron chi connectivity index (χ2n) is 3.95. The summed E-state index contributed by atoms with van der Waals surface area (Å²) in [6, 6.07) is 7.26. The third kappa shape index (κ3) is 3.05. The van der Waals surface area contributed by atoms with Crippen molar-refractivity contribution in [3.8, 4) is 0 Å². The predicted octanol–water partition coefficient (Wildman–Crippen LogP) is 2.45. The van der Waals surface area contributed by atoms with Gasteiger partial charge in [-0.3, -0.25) is 10.2 Å². The topological polar surface area (TPSA) is 59.8 Å². The van der Waals surface area contributed by atoms with Crippen LogP contribution in [0.2, 0.25) is 0 Å². The number of amides is 1. The molecular formula is C12H12Cl2N4O. The Bertz CT molecular complexity index is 576. The van der Waals surface area contributed by atoms with Gasteiger partial charge in [0.25, 0.3) is 5.91 Å². The lowest BCUT2D eigenvalue weighted by Crippen LogP contribution is -2.26. The number of aromatic nitrogens is 3. The van der Waals surface area contributed by atoms with Gasteiger partial charge in [-0.2, -0.15) is 0 Å². The molecular weight excluding hydrogens is 287 g/mol. The Morgan fingerprint density at radius 2 is 1.89 bits per heavy atom. The average Bonchev–Trinajstić information content (AvgIpc) is 2.80. The van der Waals surface area contributed by atoms with Crippen LogP contribution in [0.15, 0.2) is 24.3 Å². The maximum atomic E-state index is 12.1. The van der Waals surface area contributed by atoms with E-state index in [0.29, 0.717) is 17.2 Å². The summed E-state index contributed by atoms with van der Waals surface area (Å²) in [5, 5.41) is 7.70. The van der Waals surface area contributed by atoms with Gasteiger partial charge in [-0.1, -0.05) is 17.7 Å². The summed E-state index contributed by atoms with van der Waals surface area (Å²) in [4.78, 5) is 12.1. The number of nitrogens with one attached hydrogen (secondary N) is 1. The van der Waals surface area contributed by atoms with E-state index in [1.54, 1.807) is 12.1 Å². The standard InChI is InChI=1S/C12H12Cl2N4O/c1-8-3-2-4-9(5-8)12(19)17-18-10(6-13)15-16-11(18)7-14/h2-5H,6-7H2,1H3,(H,17,19). The lowest BCUT2D eigenvalue weighted by molar-refractivity contribution is 0.101. The summed E-state index contributed by atoms with van der Waals surface area (Å²) in [5.74, 6) is 0.897. The summed E-state index contributed by atoms with van der Waals surface area (Å²) in [5.41, 5.74) is 4.25. The highest BCUT2D eigenvalue weighted by Crippen LogP contribution is 2.08. The third-order valence-electron chi connectivity index (χ3n) is 2.53. The van der Waals surface area contributed by atoms with Crippen molar-refractivity contribution in [2.45, 2.75) is 18.7 Å². The second kappa shape index (κ2) is 6.04. The molecule has 1 heterocycles. The van der Waals surface area contributed by atoms with E-state index in [-0.39, 0.29) is 17.7 Å². The van der Waals surface area contributed by atoms with Crippen LogP contribution in [-0.2, 0) is 11.8 Å². The van der Waals surface area contributed by atoms with Gasteiger partial charge in [-0.05, 0) is 19.1 Å². The summed E-state index contributed by atoms with van der Waals surface area (Å²) in [6.45, 7) is 1.92. The minimum atomic E-state index is -0.263. The first-order chi connectivity index (χ1) is 9.15. The van der Waals surface area contributed by atoms with E-state index >= 15 is 0 Å². The molecule has 0 bridgehead atoms. The van der Waals surface area contributed by atoms with Crippen LogP contribution in [0.25, 0.3) is 0 Å². The SMILES string of the molecule is Cc1cccc(C(=O)Nn2c(CCl)nnc2CCl)c1. The van der Waals surface area contributed by atoms with Crippen LogP contribution in [0.1, 0.15) is 27.6 Å². The van der Waals surface area contributed by atoms with E-state index in [2.05, 4.69) is 15.6 Å². The normalized spacial score (nSPS) is 10.5. The molecule has 1 aromatic heterocycles. The zero-order valence-electron chi connectivity index (χ0n) is 10.2. The van der Waals surface area contributed by atoms with Crippen LogP contribution in [0.5, 0.6) is 0 Å². The number of rotatable bonds is 4. The zero-order chi connectivity index (χ0) is 13.8. The van der Waals surface area contributed by atoms with Gasteiger partial charge in [-0.15, -0.1) is 33.4 Å². The lowest BCUT2D eigenvalue weighted by Gasteiger charge is -2.10. The average molecular weight is 299 g/mol. The van der Waals surface area contributed by atoms with E-state index in [9.17, 15) is 4.79 Å². The van der Waals surface area contributed by atoms with E-state index in [1.165, 1.54) is 4.68 Å². The molecule has 1 amide bonds. The number of hydrogen-bond acceptors (Lipinski definition) is 3. The number of carbonyl (C=O) groups excluding carboxylic acids is 1. The molecule has 5 nitrogen and oxygen atoms in total. The predicted molar refractivity (Wildman–Crippen MR) is 74.0 cm³/mol. The van der Waals surface area contributed by atoms with E-state index in [1.807, 2.05) is 19.1 Å². The van der Waals surface area contributed by atoms with E-state index < -0.39 is 0 Å². The van der Waals surface area contributed by atoms with Gasteiger partial charge >= 0.3 is 0 Å². The van der Waals surface area contributed by atoms with Crippen molar-refractivity contribution in [1.82, 2.24) is 14.9 Å². The molecule has 0 saturated heterocycles. The Hall–Kier alpha value is -1.59. The molecule has 0 spiro atoms. The number of halogens is 2. The quantitative estimate of drug-likeness (QED) is 0.882. The number of alkyl halides is 2. The fraction of sp³-hybridized carbons (Fsp3) is 0.250. The fourth-order valence-electron chi connectivity index (χ4n) is 1.61. The molecule has 0 saturated carbocycles. The monoisotopic (exact) mass is 298 g/mol. The molecule has 0 radical (unpaired) electrons. The molecule has 0 aliphatic carbocycles. The molecule has 19 heavy (non-hydrogen) atoms.